The first-order chi connectivity index (χ1) is 12.4. The fourth-order valence-electron chi connectivity index (χ4n) is 2.54. The fraction of sp³-hybridized carbons (Fsp3) is 0.158. The van der Waals surface area contributed by atoms with Crippen molar-refractivity contribution < 1.29 is 4.79 Å². The number of fused-ring (bicyclic) bond motifs is 1. The lowest BCUT2D eigenvalue weighted by molar-refractivity contribution is -0.119. The number of carbonyl (C=O) groups excluding carboxylic acids is 1. The highest BCUT2D eigenvalue weighted by molar-refractivity contribution is 6.30. The Balaban J connectivity index is 1.75. The van der Waals surface area contributed by atoms with Gasteiger partial charge >= 0.3 is 0 Å². The van der Waals surface area contributed by atoms with Gasteiger partial charge in [-0.25, -0.2) is 9.97 Å². The van der Waals surface area contributed by atoms with Crippen molar-refractivity contribution in [2.24, 2.45) is 10.7 Å². The zero-order valence-electron chi connectivity index (χ0n) is 14.5. The molecule has 0 fully saturated rings. The van der Waals surface area contributed by atoms with Crippen LogP contribution in [0.15, 0.2) is 47.5 Å². The van der Waals surface area contributed by atoms with Crippen LogP contribution < -0.4 is 11.1 Å². The minimum absolute atomic E-state index is 0.0460. The topological polar surface area (TPSA) is 93.3 Å². The predicted molar refractivity (Wildman–Crippen MR) is 104 cm³/mol. The van der Waals surface area contributed by atoms with E-state index in [0.717, 1.165) is 27.7 Å². The molecule has 2 aromatic carbocycles. The Morgan fingerprint density at radius 1 is 1.15 bits per heavy atom. The average Bonchev–Trinajstić information content (AvgIpc) is 2.56. The SMILES string of the molecule is Cc1ccc2c(C)nc(N=C(N)NC(=O)Cc3ccc(Cl)cc3)nc2c1. The Labute approximate surface area is 156 Å². The second-order valence-corrected chi connectivity index (χ2v) is 6.41. The van der Waals surface area contributed by atoms with Gasteiger partial charge in [0.15, 0.2) is 0 Å². The third kappa shape index (κ3) is 4.34. The summed E-state index contributed by atoms with van der Waals surface area (Å²) in [7, 11) is 0. The number of halogens is 1. The number of aryl methyl sites for hydroxylation is 2. The van der Waals surface area contributed by atoms with Crippen molar-refractivity contribution >= 4 is 40.3 Å². The molecule has 3 N–H and O–H groups in total. The van der Waals surface area contributed by atoms with Gasteiger partial charge in [-0.3, -0.25) is 10.1 Å². The molecule has 3 rings (SSSR count). The van der Waals surface area contributed by atoms with E-state index in [9.17, 15) is 4.79 Å². The van der Waals surface area contributed by atoms with Gasteiger partial charge in [0.1, 0.15) is 0 Å². The molecule has 0 atom stereocenters. The maximum atomic E-state index is 12.1. The van der Waals surface area contributed by atoms with Gasteiger partial charge in [-0.15, -0.1) is 0 Å². The van der Waals surface area contributed by atoms with Crippen molar-refractivity contribution in [3.63, 3.8) is 0 Å². The van der Waals surface area contributed by atoms with Crippen LogP contribution >= 0.6 is 11.6 Å². The quantitative estimate of drug-likeness (QED) is 0.549. The van der Waals surface area contributed by atoms with Crippen molar-refractivity contribution in [2.75, 3.05) is 0 Å². The predicted octanol–water partition coefficient (Wildman–Crippen LogP) is 3.21. The smallest absolute Gasteiger partial charge is 0.253 e. The molecule has 0 bridgehead atoms. The number of hydrogen-bond acceptors (Lipinski definition) is 4. The minimum Gasteiger partial charge on any atom is -0.369 e. The minimum atomic E-state index is -0.276. The summed E-state index contributed by atoms with van der Waals surface area (Å²) in [5.74, 6) is -0.109. The van der Waals surface area contributed by atoms with Crippen molar-refractivity contribution in [1.29, 1.82) is 0 Å². The van der Waals surface area contributed by atoms with Gasteiger partial charge in [0, 0.05) is 10.4 Å². The Hall–Kier alpha value is -2.99. The van der Waals surface area contributed by atoms with Crippen LogP contribution in [0.25, 0.3) is 10.9 Å². The number of aromatic nitrogens is 2. The maximum absolute atomic E-state index is 12.1. The highest BCUT2D eigenvalue weighted by atomic mass is 35.5. The van der Waals surface area contributed by atoms with Crippen molar-refractivity contribution in [3.8, 4) is 0 Å². The number of carbonyl (C=O) groups is 1. The molecular weight excluding hydrogens is 350 g/mol. The standard InChI is InChI=1S/C19H18ClN5O/c1-11-3-8-15-12(2)22-19(23-16(15)9-11)25-18(21)24-17(26)10-13-4-6-14(20)7-5-13/h3-9H,10H2,1-2H3,(H3,21,22,23,24,25,26). The number of guanidine groups is 1. The van der Waals surface area contributed by atoms with E-state index in [-0.39, 0.29) is 24.2 Å². The van der Waals surface area contributed by atoms with E-state index >= 15 is 0 Å². The number of aliphatic imine (C=N–C) groups is 1. The van der Waals surface area contributed by atoms with E-state index < -0.39 is 0 Å². The number of nitrogens with zero attached hydrogens (tertiary/aromatic N) is 3. The van der Waals surface area contributed by atoms with E-state index in [0.29, 0.717) is 5.02 Å². The first-order valence-electron chi connectivity index (χ1n) is 8.04. The lowest BCUT2D eigenvalue weighted by atomic mass is 10.1. The molecule has 0 saturated carbocycles. The van der Waals surface area contributed by atoms with Crippen LogP contribution in [-0.4, -0.2) is 21.8 Å². The number of benzene rings is 2. The van der Waals surface area contributed by atoms with Crippen LogP contribution in [-0.2, 0) is 11.2 Å². The van der Waals surface area contributed by atoms with Gasteiger partial charge in [-0.05, 0) is 43.2 Å². The number of nitrogens with one attached hydrogen (secondary N) is 1. The van der Waals surface area contributed by atoms with E-state index in [4.69, 9.17) is 17.3 Å². The van der Waals surface area contributed by atoms with E-state index in [2.05, 4.69) is 20.3 Å². The molecular formula is C19H18ClN5O. The van der Waals surface area contributed by atoms with Gasteiger partial charge in [0.25, 0.3) is 5.95 Å². The average molecular weight is 368 g/mol. The number of amides is 1. The molecule has 0 aliphatic rings. The molecule has 0 aliphatic carbocycles. The van der Waals surface area contributed by atoms with Crippen molar-refractivity contribution in [1.82, 2.24) is 15.3 Å². The molecule has 0 unspecified atom stereocenters. The zero-order valence-corrected chi connectivity index (χ0v) is 15.2. The van der Waals surface area contributed by atoms with E-state index in [1.54, 1.807) is 24.3 Å². The van der Waals surface area contributed by atoms with Crippen LogP contribution in [0.5, 0.6) is 0 Å². The Morgan fingerprint density at radius 2 is 1.88 bits per heavy atom. The summed E-state index contributed by atoms with van der Waals surface area (Å²) in [6, 6.07) is 13.0. The van der Waals surface area contributed by atoms with Gasteiger partial charge in [0.2, 0.25) is 11.9 Å². The number of nitrogens with two attached hydrogens (primary N) is 1. The van der Waals surface area contributed by atoms with Crippen LogP contribution in [0.2, 0.25) is 5.02 Å². The first-order valence-corrected chi connectivity index (χ1v) is 8.42. The van der Waals surface area contributed by atoms with Crippen LogP contribution in [0.1, 0.15) is 16.8 Å². The largest absolute Gasteiger partial charge is 0.369 e. The van der Waals surface area contributed by atoms with Crippen LogP contribution in [0.3, 0.4) is 0 Å². The molecule has 3 aromatic rings. The van der Waals surface area contributed by atoms with Gasteiger partial charge in [-0.1, -0.05) is 35.9 Å². The lowest BCUT2D eigenvalue weighted by Gasteiger charge is -2.06. The first kappa shape index (κ1) is 17.8. The second kappa shape index (κ2) is 7.49. The third-order valence-corrected chi connectivity index (χ3v) is 4.05. The summed E-state index contributed by atoms with van der Waals surface area (Å²) in [4.78, 5) is 24.9. The molecule has 0 radical (unpaired) electrons. The fourth-order valence-corrected chi connectivity index (χ4v) is 2.67. The molecule has 0 saturated heterocycles. The summed E-state index contributed by atoms with van der Waals surface area (Å²) >= 11 is 5.83. The Kier molecular flexibility index (Phi) is 5.14. The summed E-state index contributed by atoms with van der Waals surface area (Å²) < 4.78 is 0. The molecule has 6 nitrogen and oxygen atoms in total. The van der Waals surface area contributed by atoms with Crippen LogP contribution in [0, 0.1) is 13.8 Å². The summed E-state index contributed by atoms with van der Waals surface area (Å²) in [6.07, 6.45) is 0.171. The highest BCUT2D eigenvalue weighted by Gasteiger charge is 2.08. The monoisotopic (exact) mass is 367 g/mol. The van der Waals surface area contributed by atoms with E-state index in [1.807, 2.05) is 32.0 Å². The van der Waals surface area contributed by atoms with Gasteiger partial charge in [0.05, 0.1) is 17.6 Å². The third-order valence-electron chi connectivity index (χ3n) is 3.80. The van der Waals surface area contributed by atoms with Crippen molar-refractivity contribution in [2.45, 2.75) is 20.3 Å². The maximum Gasteiger partial charge on any atom is 0.253 e. The summed E-state index contributed by atoms with van der Waals surface area (Å²) in [5, 5.41) is 4.12. The highest BCUT2D eigenvalue weighted by Crippen LogP contribution is 2.19. The van der Waals surface area contributed by atoms with E-state index in [1.165, 1.54) is 0 Å². The molecule has 7 heteroatoms. The summed E-state index contributed by atoms with van der Waals surface area (Å²) in [6.45, 7) is 3.87. The molecule has 0 spiro atoms. The van der Waals surface area contributed by atoms with Gasteiger partial charge in [-0.2, -0.15) is 4.99 Å². The van der Waals surface area contributed by atoms with Gasteiger partial charge < -0.3 is 5.73 Å². The van der Waals surface area contributed by atoms with Crippen LogP contribution in [0.4, 0.5) is 5.95 Å². The molecule has 0 aliphatic heterocycles. The zero-order chi connectivity index (χ0) is 18.7. The lowest BCUT2D eigenvalue weighted by Crippen LogP contribution is -2.37. The normalized spacial score (nSPS) is 11.6. The van der Waals surface area contributed by atoms with Crippen molar-refractivity contribution in [3.05, 3.63) is 64.3 Å². The Morgan fingerprint density at radius 3 is 2.62 bits per heavy atom. The molecule has 26 heavy (non-hydrogen) atoms. The Bertz CT molecular complexity index is 999. The number of rotatable bonds is 3. The second-order valence-electron chi connectivity index (χ2n) is 5.98. The molecule has 132 valence electrons. The summed E-state index contributed by atoms with van der Waals surface area (Å²) in [5.41, 5.74) is 9.33. The number of hydrogen-bond donors (Lipinski definition) is 2. The molecule has 1 aromatic heterocycles. The molecule has 1 heterocycles. The molecule has 1 amide bonds.